The molecular formula is C18H20N8O3. The summed E-state index contributed by atoms with van der Waals surface area (Å²) in [6.07, 6.45) is 1.47. The number of carbonyl (C=O) groups is 2. The molecule has 2 aromatic heterocycles. The lowest BCUT2D eigenvalue weighted by Crippen LogP contribution is -2.40. The molecule has 0 saturated carbocycles. The summed E-state index contributed by atoms with van der Waals surface area (Å²) in [6.45, 7) is 7.41. The molecule has 0 aliphatic carbocycles. The predicted octanol–water partition coefficient (Wildman–Crippen LogP) is 1.31. The molecule has 1 saturated heterocycles. The first-order valence-electron chi connectivity index (χ1n) is 8.99. The van der Waals surface area contributed by atoms with Crippen LogP contribution >= 0.6 is 0 Å². The van der Waals surface area contributed by atoms with E-state index in [1.165, 1.54) is 11.0 Å². The lowest BCUT2D eigenvalue weighted by molar-refractivity contribution is -0.131. The summed E-state index contributed by atoms with van der Waals surface area (Å²) >= 11 is 0. The molecule has 1 aliphatic rings. The van der Waals surface area contributed by atoms with Gasteiger partial charge in [0.25, 0.3) is 5.91 Å². The van der Waals surface area contributed by atoms with E-state index in [9.17, 15) is 9.59 Å². The number of aromatic nitrogens is 6. The lowest BCUT2D eigenvalue weighted by atomic mass is 9.92. The smallest absolute Gasteiger partial charge is 0.325 e. The molecule has 3 amide bonds. The van der Waals surface area contributed by atoms with E-state index in [-0.39, 0.29) is 23.7 Å². The number of amides is 3. The van der Waals surface area contributed by atoms with Crippen molar-refractivity contribution in [3.63, 3.8) is 0 Å². The van der Waals surface area contributed by atoms with Gasteiger partial charge in [-0.05, 0) is 35.0 Å². The lowest BCUT2D eigenvalue weighted by Gasteiger charge is -2.22. The van der Waals surface area contributed by atoms with Crippen LogP contribution in [-0.2, 0) is 22.3 Å². The Morgan fingerprint density at radius 2 is 1.90 bits per heavy atom. The second kappa shape index (κ2) is 6.47. The normalized spacial score (nSPS) is 19.7. The molecule has 3 aromatic rings. The Balaban J connectivity index is 1.56. The number of tetrazole rings is 1. The van der Waals surface area contributed by atoms with Crippen molar-refractivity contribution < 1.29 is 14.1 Å². The number of hydrogen-bond acceptors (Lipinski definition) is 8. The number of imide groups is 1. The van der Waals surface area contributed by atoms with Crippen LogP contribution in [0, 0.1) is 0 Å². The Kier molecular flexibility index (Phi) is 4.17. The number of carbonyl (C=O) groups excluding carboxylic acids is 2. The van der Waals surface area contributed by atoms with Crippen LogP contribution in [0.4, 0.5) is 4.79 Å². The van der Waals surface area contributed by atoms with Crippen LogP contribution in [0.15, 0.2) is 35.1 Å². The Morgan fingerprint density at radius 3 is 2.48 bits per heavy atom. The zero-order valence-corrected chi connectivity index (χ0v) is 16.4. The first kappa shape index (κ1) is 18.7. The zero-order valence-electron chi connectivity index (χ0n) is 16.4. The van der Waals surface area contributed by atoms with E-state index < -0.39 is 11.6 Å². The second-order valence-electron chi connectivity index (χ2n) is 8.01. The minimum atomic E-state index is -1.20. The summed E-state index contributed by atoms with van der Waals surface area (Å²) in [7, 11) is 0. The van der Waals surface area contributed by atoms with Crippen molar-refractivity contribution >= 4 is 11.9 Å². The minimum absolute atomic E-state index is 0.0669. The summed E-state index contributed by atoms with van der Waals surface area (Å²) in [5.74, 6) is 0.331. The molecule has 11 heteroatoms. The van der Waals surface area contributed by atoms with Gasteiger partial charge in [0.1, 0.15) is 11.9 Å². The standard InChI is InChI=1S/C18H20N8O3/c1-17(2,3)14-20-13(22-29-14)9-25-15(27)18(4,21-16(25)28)11-5-7-12(8-6-11)26-10-19-23-24-26/h5-8,10H,9H2,1-4H3,(H,21,28). The molecule has 150 valence electrons. The summed E-state index contributed by atoms with van der Waals surface area (Å²) in [4.78, 5) is 31.0. The quantitative estimate of drug-likeness (QED) is 0.653. The van der Waals surface area contributed by atoms with E-state index >= 15 is 0 Å². The van der Waals surface area contributed by atoms with Crippen LogP contribution in [0.3, 0.4) is 0 Å². The Labute approximate surface area is 166 Å². The number of urea groups is 1. The molecule has 1 unspecified atom stereocenters. The number of nitrogens with one attached hydrogen (secondary N) is 1. The maximum atomic E-state index is 13.1. The molecule has 29 heavy (non-hydrogen) atoms. The molecule has 4 rings (SSSR count). The van der Waals surface area contributed by atoms with Crippen LogP contribution in [0.25, 0.3) is 5.69 Å². The Hall–Kier alpha value is -3.63. The number of benzene rings is 1. The van der Waals surface area contributed by atoms with Gasteiger partial charge >= 0.3 is 6.03 Å². The molecule has 1 atom stereocenters. The van der Waals surface area contributed by atoms with Crippen LogP contribution in [0.5, 0.6) is 0 Å². The highest BCUT2D eigenvalue weighted by Gasteiger charge is 2.49. The van der Waals surface area contributed by atoms with E-state index in [0.29, 0.717) is 11.5 Å². The average Bonchev–Trinajstić information content (AvgIpc) is 3.40. The predicted molar refractivity (Wildman–Crippen MR) is 98.6 cm³/mol. The van der Waals surface area contributed by atoms with Crippen molar-refractivity contribution in [2.24, 2.45) is 0 Å². The Bertz CT molecular complexity index is 1050. The fourth-order valence-electron chi connectivity index (χ4n) is 3.03. The molecule has 0 radical (unpaired) electrons. The third kappa shape index (κ3) is 3.24. The van der Waals surface area contributed by atoms with Gasteiger partial charge in [0.15, 0.2) is 5.82 Å². The molecule has 0 bridgehead atoms. The molecule has 11 nitrogen and oxygen atoms in total. The van der Waals surface area contributed by atoms with Gasteiger partial charge in [-0.25, -0.2) is 9.48 Å². The van der Waals surface area contributed by atoms with E-state index in [4.69, 9.17) is 4.52 Å². The number of nitrogens with zero attached hydrogens (tertiary/aromatic N) is 7. The van der Waals surface area contributed by atoms with Gasteiger partial charge in [0.05, 0.1) is 12.2 Å². The largest absolute Gasteiger partial charge is 0.339 e. The Morgan fingerprint density at radius 1 is 1.17 bits per heavy atom. The third-order valence-corrected chi connectivity index (χ3v) is 4.74. The maximum absolute atomic E-state index is 13.1. The van der Waals surface area contributed by atoms with Crippen molar-refractivity contribution in [2.45, 2.75) is 45.2 Å². The second-order valence-corrected chi connectivity index (χ2v) is 8.01. The van der Waals surface area contributed by atoms with Crippen molar-refractivity contribution in [3.05, 3.63) is 47.9 Å². The van der Waals surface area contributed by atoms with E-state index in [0.717, 1.165) is 10.6 Å². The van der Waals surface area contributed by atoms with E-state index in [1.807, 2.05) is 20.8 Å². The summed E-state index contributed by atoms with van der Waals surface area (Å²) in [6, 6.07) is 6.54. The van der Waals surface area contributed by atoms with Gasteiger partial charge in [-0.2, -0.15) is 4.98 Å². The fraction of sp³-hybridized carbons (Fsp3) is 0.389. The van der Waals surface area contributed by atoms with Gasteiger partial charge in [-0.3, -0.25) is 9.69 Å². The van der Waals surface area contributed by atoms with Crippen LogP contribution in [-0.4, -0.2) is 47.2 Å². The zero-order chi connectivity index (χ0) is 20.8. The van der Waals surface area contributed by atoms with Gasteiger partial charge in [-0.1, -0.05) is 38.1 Å². The number of rotatable bonds is 4. The molecule has 1 N–H and O–H groups in total. The topological polar surface area (TPSA) is 132 Å². The van der Waals surface area contributed by atoms with Crippen molar-refractivity contribution in [1.29, 1.82) is 0 Å². The third-order valence-electron chi connectivity index (χ3n) is 4.74. The van der Waals surface area contributed by atoms with Crippen molar-refractivity contribution in [2.75, 3.05) is 0 Å². The van der Waals surface area contributed by atoms with Crippen LogP contribution < -0.4 is 5.32 Å². The molecule has 3 heterocycles. The van der Waals surface area contributed by atoms with Gasteiger partial charge in [0, 0.05) is 5.41 Å². The van der Waals surface area contributed by atoms with Gasteiger partial charge in [-0.15, -0.1) is 5.10 Å². The molecule has 1 aromatic carbocycles. The highest BCUT2D eigenvalue weighted by Crippen LogP contribution is 2.30. The molecule has 1 fully saturated rings. The van der Waals surface area contributed by atoms with Gasteiger partial charge in [0.2, 0.25) is 5.89 Å². The maximum Gasteiger partial charge on any atom is 0.325 e. The monoisotopic (exact) mass is 396 g/mol. The van der Waals surface area contributed by atoms with Crippen LogP contribution in [0.2, 0.25) is 0 Å². The summed E-state index contributed by atoms with van der Waals surface area (Å²) < 4.78 is 6.74. The first-order chi connectivity index (χ1) is 13.7. The fourth-order valence-corrected chi connectivity index (χ4v) is 3.03. The first-order valence-corrected chi connectivity index (χ1v) is 8.99. The van der Waals surface area contributed by atoms with Crippen molar-refractivity contribution in [3.8, 4) is 5.69 Å². The summed E-state index contributed by atoms with van der Waals surface area (Å²) in [5.41, 5.74) is -0.151. The van der Waals surface area contributed by atoms with Crippen LogP contribution in [0.1, 0.15) is 45.0 Å². The minimum Gasteiger partial charge on any atom is -0.339 e. The number of hydrogen-bond donors (Lipinski definition) is 1. The molecular weight excluding hydrogens is 376 g/mol. The summed E-state index contributed by atoms with van der Waals surface area (Å²) in [5, 5.41) is 17.7. The SMILES string of the molecule is CC(C)(C)c1nc(CN2C(=O)NC(C)(c3ccc(-n4cnnn4)cc3)C2=O)no1. The average molecular weight is 396 g/mol. The van der Waals surface area contributed by atoms with E-state index in [1.54, 1.807) is 31.2 Å². The highest BCUT2D eigenvalue weighted by atomic mass is 16.5. The highest BCUT2D eigenvalue weighted by molar-refractivity contribution is 6.07. The molecule has 0 spiro atoms. The molecule has 1 aliphatic heterocycles. The van der Waals surface area contributed by atoms with E-state index in [2.05, 4.69) is 31.0 Å². The van der Waals surface area contributed by atoms with Gasteiger partial charge < -0.3 is 9.84 Å². The van der Waals surface area contributed by atoms with Crippen molar-refractivity contribution in [1.82, 2.24) is 40.6 Å².